The molecule has 0 aliphatic heterocycles. The highest BCUT2D eigenvalue weighted by Crippen LogP contribution is 2.39. The number of benzene rings is 1. The summed E-state index contributed by atoms with van der Waals surface area (Å²) < 4.78 is 23.0. The van der Waals surface area contributed by atoms with E-state index in [1.54, 1.807) is 19.2 Å². The van der Waals surface area contributed by atoms with Gasteiger partial charge < -0.3 is 15.0 Å². The van der Waals surface area contributed by atoms with Crippen LogP contribution in [0.5, 0.6) is 5.75 Å². The van der Waals surface area contributed by atoms with Gasteiger partial charge in [-0.25, -0.2) is 19.3 Å². The van der Waals surface area contributed by atoms with Crippen LogP contribution in [-0.4, -0.2) is 32.3 Å². The van der Waals surface area contributed by atoms with Crippen molar-refractivity contribution in [1.82, 2.24) is 9.97 Å². The number of hydrogen-bond acceptors (Lipinski definition) is 8. The largest absolute Gasteiger partial charge is 0.524 e. The van der Waals surface area contributed by atoms with Crippen molar-refractivity contribution >= 4 is 30.9 Å². The maximum atomic E-state index is 12.4. The number of nitrogens with zero attached hydrogens (tertiary/aromatic N) is 3. The van der Waals surface area contributed by atoms with Crippen LogP contribution < -0.4 is 14.8 Å². The molecule has 0 spiro atoms. The minimum absolute atomic E-state index is 0.0568. The van der Waals surface area contributed by atoms with Gasteiger partial charge >= 0.3 is 13.8 Å². The van der Waals surface area contributed by atoms with Gasteiger partial charge in [-0.3, -0.25) is 9.79 Å². The normalized spacial score (nSPS) is 11.4. The predicted molar refractivity (Wildman–Crippen MR) is 113 cm³/mol. The lowest BCUT2D eigenvalue weighted by molar-refractivity contribution is -0.689. The first-order chi connectivity index (χ1) is 14.6. The van der Waals surface area contributed by atoms with Crippen molar-refractivity contribution in [3.05, 3.63) is 63.5 Å². The first-order valence-electron chi connectivity index (χ1n) is 9.19. The van der Waals surface area contributed by atoms with Gasteiger partial charge in [0.1, 0.15) is 23.0 Å². The Morgan fingerprint density at radius 2 is 2.03 bits per heavy atom. The number of phosphoric acid groups is 1. The average molecular weight is 465 g/mol. The summed E-state index contributed by atoms with van der Waals surface area (Å²) in [5, 5.41) is 0. The van der Waals surface area contributed by atoms with Crippen LogP contribution >= 0.6 is 19.2 Å². The summed E-state index contributed by atoms with van der Waals surface area (Å²) >= 11 is 1.53. The molecule has 3 rings (SSSR count). The Bertz CT molecular complexity index is 1150. The molecule has 1 aromatic carbocycles. The van der Waals surface area contributed by atoms with Crippen molar-refractivity contribution in [3.63, 3.8) is 0 Å². The maximum absolute atomic E-state index is 12.4. The fraction of sp³-hybridized carbons (Fsp3) is 0.263. The summed E-state index contributed by atoms with van der Waals surface area (Å²) in [6, 6.07) is 5.73. The standard InChI is InChI=1S/C19H21N4O6PS/c1-12-17(31-11-23(12)10-14-9-21-13(2)22-18(14)20)7-8-28-19(24)15-5-3-4-6-16(15)29-30(25,26)27/h3-6,9,11H,7-8,10H2,1-2H3,(H3-,20,21,22,25,26,27)/p+1. The Morgan fingerprint density at radius 3 is 2.74 bits per heavy atom. The number of aromatic nitrogens is 3. The summed E-state index contributed by atoms with van der Waals surface area (Å²) in [6.07, 6.45) is 2.19. The van der Waals surface area contributed by atoms with E-state index in [2.05, 4.69) is 14.5 Å². The third-order valence-electron chi connectivity index (χ3n) is 4.40. The number of carbonyl (C=O) groups excluding carboxylic acids is 1. The quantitative estimate of drug-likeness (QED) is 0.258. The minimum atomic E-state index is -4.79. The zero-order valence-electron chi connectivity index (χ0n) is 16.9. The van der Waals surface area contributed by atoms with Crippen molar-refractivity contribution in [2.24, 2.45) is 0 Å². The molecule has 0 aliphatic carbocycles. The zero-order valence-corrected chi connectivity index (χ0v) is 18.6. The lowest BCUT2D eigenvalue weighted by Gasteiger charge is -2.11. The molecular weight excluding hydrogens is 443 g/mol. The smallest absolute Gasteiger partial charge is 0.462 e. The van der Waals surface area contributed by atoms with Crippen LogP contribution in [0.4, 0.5) is 5.82 Å². The fourth-order valence-electron chi connectivity index (χ4n) is 2.82. The molecule has 0 radical (unpaired) electrons. The van der Waals surface area contributed by atoms with Crippen LogP contribution in [0.15, 0.2) is 36.0 Å². The Kier molecular flexibility index (Phi) is 7.01. The second-order valence-corrected chi connectivity index (χ2v) is 8.75. The first-order valence-corrected chi connectivity index (χ1v) is 11.6. The molecule has 164 valence electrons. The number of phosphoric ester groups is 1. The molecule has 31 heavy (non-hydrogen) atoms. The molecule has 2 aromatic heterocycles. The van der Waals surface area contributed by atoms with Crippen LogP contribution in [0.1, 0.15) is 32.3 Å². The topological polar surface area (TPSA) is 149 Å². The number of hydrogen-bond donors (Lipinski definition) is 3. The van der Waals surface area contributed by atoms with Crippen molar-refractivity contribution in [2.75, 3.05) is 12.3 Å². The third-order valence-corrected chi connectivity index (χ3v) is 5.98. The fourth-order valence-corrected chi connectivity index (χ4v) is 4.21. The minimum Gasteiger partial charge on any atom is -0.462 e. The van der Waals surface area contributed by atoms with Gasteiger partial charge in [-0.15, -0.1) is 0 Å². The highest BCUT2D eigenvalue weighted by molar-refractivity contribution is 7.46. The SMILES string of the molecule is Cc1ncc(C[n+]2csc(CCOC(=O)c3ccccc3OP(=O)(O)O)c2C)c(N)n1. The Hall–Kier alpha value is -2.85. The third kappa shape index (κ3) is 6.08. The number of ether oxygens (including phenoxy) is 1. The van der Waals surface area contributed by atoms with Gasteiger partial charge in [0.25, 0.3) is 0 Å². The van der Waals surface area contributed by atoms with Gasteiger partial charge in [0.05, 0.1) is 17.0 Å². The number of nitrogen functional groups attached to an aromatic ring is 1. The summed E-state index contributed by atoms with van der Waals surface area (Å²) in [7, 11) is -4.79. The van der Waals surface area contributed by atoms with E-state index in [0.29, 0.717) is 24.6 Å². The van der Waals surface area contributed by atoms with Crippen molar-refractivity contribution in [2.45, 2.75) is 26.8 Å². The van der Waals surface area contributed by atoms with Crippen LogP contribution in [-0.2, 0) is 22.3 Å². The molecular formula is C19H22N4O6PS+. The Labute approximate surface area is 182 Å². The summed E-state index contributed by atoms with van der Waals surface area (Å²) in [5.41, 5.74) is 9.69. The first kappa shape index (κ1) is 22.8. The number of esters is 1. The van der Waals surface area contributed by atoms with Gasteiger partial charge in [-0.2, -0.15) is 4.57 Å². The van der Waals surface area contributed by atoms with Gasteiger partial charge in [-0.05, 0) is 19.1 Å². The van der Waals surface area contributed by atoms with E-state index in [0.717, 1.165) is 16.1 Å². The second-order valence-electron chi connectivity index (χ2n) is 6.65. The highest BCUT2D eigenvalue weighted by atomic mass is 32.1. The van der Waals surface area contributed by atoms with Crippen LogP contribution in [0.2, 0.25) is 0 Å². The number of aryl methyl sites for hydroxylation is 1. The molecule has 4 N–H and O–H groups in total. The molecule has 0 saturated carbocycles. The molecule has 12 heteroatoms. The van der Waals surface area contributed by atoms with E-state index < -0.39 is 13.8 Å². The molecule has 10 nitrogen and oxygen atoms in total. The van der Waals surface area contributed by atoms with Crippen molar-refractivity contribution < 1.29 is 33.0 Å². The number of para-hydroxylation sites is 1. The molecule has 0 unspecified atom stereocenters. The number of carbonyl (C=O) groups is 1. The van der Waals surface area contributed by atoms with E-state index in [1.165, 1.54) is 29.5 Å². The van der Waals surface area contributed by atoms with Gasteiger partial charge in [0, 0.05) is 19.5 Å². The lowest BCUT2D eigenvalue weighted by atomic mass is 10.2. The van der Waals surface area contributed by atoms with E-state index >= 15 is 0 Å². The van der Waals surface area contributed by atoms with Crippen LogP contribution in [0, 0.1) is 13.8 Å². The van der Waals surface area contributed by atoms with E-state index in [1.807, 2.05) is 17.0 Å². The second kappa shape index (κ2) is 9.52. The number of rotatable bonds is 8. The number of anilines is 1. The van der Waals surface area contributed by atoms with Gasteiger partial charge in [-0.1, -0.05) is 23.5 Å². The predicted octanol–water partition coefficient (Wildman–Crippen LogP) is 1.94. The molecule has 0 amide bonds. The average Bonchev–Trinajstić information content (AvgIpc) is 3.03. The van der Waals surface area contributed by atoms with E-state index in [-0.39, 0.29) is 17.9 Å². The highest BCUT2D eigenvalue weighted by Gasteiger charge is 2.22. The molecule has 2 heterocycles. The van der Waals surface area contributed by atoms with Crippen LogP contribution in [0.25, 0.3) is 0 Å². The van der Waals surface area contributed by atoms with Gasteiger partial charge in [0.2, 0.25) is 5.51 Å². The molecule has 0 aliphatic rings. The summed E-state index contributed by atoms with van der Waals surface area (Å²) in [4.78, 5) is 39.7. The van der Waals surface area contributed by atoms with Crippen molar-refractivity contribution in [3.8, 4) is 5.75 Å². The van der Waals surface area contributed by atoms with Crippen LogP contribution in [0.3, 0.4) is 0 Å². The zero-order chi connectivity index (χ0) is 22.6. The maximum Gasteiger partial charge on any atom is 0.524 e. The summed E-state index contributed by atoms with van der Waals surface area (Å²) in [5.74, 6) is 0.0976. The molecule has 0 saturated heterocycles. The molecule has 0 bridgehead atoms. The lowest BCUT2D eigenvalue weighted by Crippen LogP contribution is -2.35. The Morgan fingerprint density at radius 1 is 1.29 bits per heavy atom. The molecule has 0 atom stereocenters. The number of thiazole rings is 1. The summed E-state index contributed by atoms with van der Waals surface area (Å²) in [6.45, 7) is 4.36. The van der Waals surface area contributed by atoms with Gasteiger partial charge in [0.15, 0.2) is 12.2 Å². The van der Waals surface area contributed by atoms with E-state index in [4.69, 9.17) is 20.3 Å². The monoisotopic (exact) mass is 465 g/mol. The Balaban J connectivity index is 1.62. The molecule has 3 aromatic rings. The van der Waals surface area contributed by atoms with Crippen molar-refractivity contribution in [1.29, 1.82) is 0 Å². The van der Waals surface area contributed by atoms with E-state index in [9.17, 15) is 9.36 Å². The molecule has 0 fully saturated rings. The number of nitrogens with two attached hydrogens (primary N) is 1.